The van der Waals surface area contributed by atoms with Crippen LogP contribution in [0.15, 0.2) is 30.3 Å². The van der Waals surface area contributed by atoms with Crippen LogP contribution in [0, 0.1) is 0 Å². The topological polar surface area (TPSA) is 214 Å². The van der Waals surface area contributed by atoms with Crippen LogP contribution in [-0.4, -0.2) is 70.6 Å². The lowest BCUT2D eigenvalue weighted by molar-refractivity contribution is -0.144. The smallest absolute Gasteiger partial charge is 0.328 e. The molecule has 0 saturated carbocycles. The van der Waals surface area contributed by atoms with Crippen LogP contribution in [0.5, 0.6) is 0 Å². The van der Waals surface area contributed by atoms with E-state index in [1.807, 2.05) is 6.07 Å². The second-order valence-electron chi connectivity index (χ2n) is 7.20. The molecule has 0 aliphatic rings. The Morgan fingerprint density at radius 1 is 1.03 bits per heavy atom. The number of aliphatic hydroxyl groups is 1. The number of aliphatic carboxylic acids is 1. The van der Waals surface area contributed by atoms with Gasteiger partial charge in [-0.2, -0.15) is 0 Å². The highest BCUT2D eigenvalue weighted by atomic mass is 16.4. The van der Waals surface area contributed by atoms with E-state index in [1.165, 1.54) is 6.92 Å². The number of rotatable bonds is 13. The first-order valence-electron chi connectivity index (χ1n) is 9.87. The summed E-state index contributed by atoms with van der Waals surface area (Å²) in [5.41, 5.74) is 11.8. The molecule has 0 saturated heterocycles. The first kappa shape index (κ1) is 26.5. The normalized spacial score (nSPS) is 14.3. The maximum Gasteiger partial charge on any atom is 0.328 e. The summed E-state index contributed by atoms with van der Waals surface area (Å²) in [5.74, 6) is -4.43. The summed E-state index contributed by atoms with van der Waals surface area (Å²) in [6.07, 6.45) is -1.48. The van der Waals surface area contributed by atoms with Crippen LogP contribution in [0.1, 0.15) is 25.3 Å². The Morgan fingerprint density at radius 3 is 2.19 bits per heavy atom. The minimum atomic E-state index is -1.55. The van der Waals surface area contributed by atoms with E-state index in [1.54, 1.807) is 24.3 Å². The fourth-order valence-electron chi connectivity index (χ4n) is 2.70. The predicted octanol–water partition coefficient (Wildman–Crippen LogP) is -2.63. The van der Waals surface area contributed by atoms with Crippen molar-refractivity contribution in [1.29, 1.82) is 0 Å². The molecule has 0 heterocycles. The van der Waals surface area contributed by atoms with E-state index in [0.29, 0.717) is 0 Å². The van der Waals surface area contributed by atoms with Crippen molar-refractivity contribution in [3.63, 3.8) is 0 Å². The van der Waals surface area contributed by atoms with Crippen molar-refractivity contribution < 1.29 is 34.2 Å². The van der Waals surface area contributed by atoms with Crippen molar-refractivity contribution in [1.82, 2.24) is 16.0 Å². The Morgan fingerprint density at radius 2 is 1.66 bits per heavy atom. The first-order chi connectivity index (χ1) is 15.0. The molecular formula is C20H29N5O7. The van der Waals surface area contributed by atoms with Crippen molar-refractivity contribution in [3.05, 3.63) is 35.9 Å². The quantitative estimate of drug-likeness (QED) is 0.168. The molecule has 9 N–H and O–H groups in total. The summed E-state index contributed by atoms with van der Waals surface area (Å²) in [6, 6.07) is 5.27. The molecule has 4 amide bonds. The third kappa shape index (κ3) is 9.53. The number of carbonyl (C=O) groups is 5. The van der Waals surface area contributed by atoms with Gasteiger partial charge < -0.3 is 37.6 Å². The first-order valence-corrected chi connectivity index (χ1v) is 9.87. The summed E-state index contributed by atoms with van der Waals surface area (Å²) in [4.78, 5) is 58.9. The van der Waals surface area contributed by atoms with Gasteiger partial charge in [0.2, 0.25) is 23.6 Å². The lowest BCUT2D eigenvalue weighted by Gasteiger charge is -2.21. The summed E-state index contributed by atoms with van der Waals surface area (Å²) < 4.78 is 0. The molecule has 0 fully saturated rings. The maximum absolute atomic E-state index is 12.5. The molecule has 0 aromatic heterocycles. The minimum Gasteiger partial charge on any atom is -0.480 e. The number of carboxylic acids is 1. The number of benzene rings is 1. The summed E-state index contributed by atoms with van der Waals surface area (Å²) in [7, 11) is 0. The highest BCUT2D eigenvalue weighted by Gasteiger charge is 2.27. The van der Waals surface area contributed by atoms with Gasteiger partial charge in [-0.15, -0.1) is 0 Å². The van der Waals surface area contributed by atoms with Crippen molar-refractivity contribution in [2.24, 2.45) is 11.5 Å². The molecule has 32 heavy (non-hydrogen) atoms. The average Bonchev–Trinajstić information content (AvgIpc) is 2.73. The Labute approximate surface area is 184 Å². The summed E-state index contributed by atoms with van der Waals surface area (Å²) in [6.45, 7) is 0.570. The molecule has 1 rings (SSSR count). The zero-order valence-electron chi connectivity index (χ0n) is 17.6. The molecular weight excluding hydrogens is 422 g/mol. The number of carboxylic acid groups (broad SMARTS) is 1. The molecule has 176 valence electrons. The maximum atomic E-state index is 12.5. The van der Waals surface area contributed by atoms with Gasteiger partial charge in [-0.25, -0.2) is 4.79 Å². The molecule has 0 radical (unpaired) electrons. The highest BCUT2D eigenvalue weighted by molar-refractivity contribution is 5.93. The van der Waals surface area contributed by atoms with E-state index in [0.717, 1.165) is 5.56 Å². The lowest BCUT2D eigenvalue weighted by Crippen LogP contribution is -2.54. The Balaban J connectivity index is 2.70. The van der Waals surface area contributed by atoms with Crippen LogP contribution >= 0.6 is 0 Å². The average molecular weight is 451 g/mol. The Hall–Kier alpha value is -3.51. The molecule has 4 atom stereocenters. The fourth-order valence-corrected chi connectivity index (χ4v) is 2.70. The van der Waals surface area contributed by atoms with Crippen LogP contribution in [0.4, 0.5) is 0 Å². The van der Waals surface area contributed by atoms with Gasteiger partial charge in [-0.3, -0.25) is 19.2 Å². The van der Waals surface area contributed by atoms with Crippen LogP contribution in [-0.2, 0) is 30.4 Å². The number of aliphatic hydroxyl groups excluding tert-OH is 1. The van der Waals surface area contributed by atoms with Gasteiger partial charge in [0.25, 0.3) is 0 Å². The molecule has 1 aromatic carbocycles. The number of nitrogens with two attached hydrogens (primary N) is 2. The third-order valence-electron chi connectivity index (χ3n) is 4.44. The minimum absolute atomic E-state index is 0.127. The predicted molar refractivity (Wildman–Crippen MR) is 113 cm³/mol. The van der Waals surface area contributed by atoms with Crippen molar-refractivity contribution >= 4 is 29.6 Å². The number of nitrogens with one attached hydrogen (secondary N) is 3. The molecule has 0 bridgehead atoms. The van der Waals surface area contributed by atoms with E-state index >= 15 is 0 Å². The van der Waals surface area contributed by atoms with Crippen LogP contribution in [0.2, 0.25) is 0 Å². The van der Waals surface area contributed by atoms with Crippen LogP contribution in [0.3, 0.4) is 0 Å². The molecule has 4 unspecified atom stereocenters. The Bertz CT molecular complexity index is 816. The van der Waals surface area contributed by atoms with E-state index in [9.17, 15) is 29.1 Å². The molecule has 1 aromatic rings. The van der Waals surface area contributed by atoms with Gasteiger partial charge in [-0.05, 0) is 25.3 Å². The van der Waals surface area contributed by atoms with E-state index in [-0.39, 0.29) is 19.3 Å². The Kier molecular flexibility index (Phi) is 10.8. The van der Waals surface area contributed by atoms with Crippen molar-refractivity contribution in [2.75, 3.05) is 6.54 Å². The number of hydrogen-bond donors (Lipinski definition) is 7. The van der Waals surface area contributed by atoms with E-state index in [4.69, 9.17) is 16.6 Å². The number of amides is 4. The number of hydrogen-bond acceptors (Lipinski definition) is 7. The SMILES string of the molecule is CC(O)C(NC(=O)CNC(=O)C(CCC(N)=O)NC(=O)C(N)Cc1ccccc1)C(=O)O. The van der Waals surface area contributed by atoms with Crippen LogP contribution < -0.4 is 27.4 Å². The van der Waals surface area contributed by atoms with Crippen molar-refractivity contribution in [2.45, 2.75) is 50.4 Å². The number of carbonyl (C=O) groups excluding carboxylic acids is 4. The van der Waals surface area contributed by atoms with E-state index in [2.05, 4.69) is 16.0 Å². The highest BCUT2D eigenvalue weighted by Crippen LogP contribution is 2.04. The molecule has 12 heteroatoms. The molecule has 0 aliphatic heterocycles. The fraction of sp³-hybridized carbons (Fsp3) is 0.450. The second-order valence-corrected chi connectivity index (χ2v) is 7.20. The van der Waals surface area contributed by atoms with E-state index < -0.39 is 60.4 Å². The van der Waals surface area contributed by atoms with Gasteiger partial charge in [0.1, 0.15) is 6.04 Å². The summed E-state index contributed by atoms with van der Waals surface area (Å²) >= 11 is 0. The zero-order chi connectivity index (χ0) is 24.3. The summed E-state index contributed by atoms with van der Waals surface area (Å²) in [5, 5.41) is 25.1. The zero-order valence-corrected chi connectivity index (χ0v) is 17.6. The molecule has 12 nitrogen and oxygen atoms in total. The van der Waals surface area contributed by atoms with Crippen LogP contribution in [0.25, 0.3) is 0 Å². The van der Waals surface area contributed by atoms with Gasteiger partial charge in [0.15, 0.2) is 6.04 Å². The third-order valence-corrected chi connectivity index (χ3v) is 4.44. The molecule has 0 aliphatic carbocycles. The second kappa shape index (κ2) is 13.0. The largest absolute Gasteiger partial charge is 0.480 e. The monoisotopic (exact) mass is 451 g/mol. The van der Waals surface area contributed by atoms with Gasteiger partial charge >= 0.3 is 5.97 Å². The van der Waals surface area contributed by atoms with Gasteiger partial charge in [0.05, 0.1) is 18.7 Å². The standard InChI is InChI=1S/C20H29N5O7/c1-11(26)17(20(31)32)25-16(28)10-23-19(30)14(7-8-15(22)27)24-18(29)13(21)9-12-5-3-2-4-6-12/h2-6,11,13-14,17,26H,7-10,21H2,1H3,(H2,22,27)(H,23,30)(H,24,29)(H,25,28)(H,31,32). The lowest BCUT2D eigenvalue weighted by atomic mass is 10.0. The van der Waals surface area contributed by atoms with Gasteiger partial charge in [0, 0.05) is 6.42 Å². The van der Waals surface area contributed by atoms with Crippen molar-refractivity contribution in [3.8, 4) is 0 Å². The molecule has 0 spiro atoms. The van der Waals surface area contributed by atoms with Gasteiger partial charge in [-0.1, -0.05) is 30.3 Å². The number of primary amides is 1.